The van der Waals surface area contributed by atoms with Crippen molar-refractivity contribution in [2.75, 3.05) is 26.2 Å². The molecule has 1 heterocycles. The number of phenols is 1. The molecule has 7 heteroatoms. The van der Waals surface area contributed by atoms with Crippen LogP contribution in [-0.4, -0.2) is 42.6 Å². The Labute approximate surface area is 127 Å². The summed E-state index contributed by atoms with van der Waals surface area (Å²) in [6.45, 7) is 2.44. The van der Waals surface area contributed by atoms with Gasteiger partial charge in [0.05, 0.1) is 4.47 Å². The van der Waals surface area contributed by atoms with Crippen molar-refractivity contribution in [3.05, 3.63) is 26.6 Å². The Kier molecular flexibility index (Phi) is 5.16. The lowest BCUT2D eigenvalue weighted by molar-refractivity contribution is 0.0169. The lowest BCUT2D eigenvalue weighted by atomic mass is 10.0. The highest BCUT2D eigenvalue weighted by molar-refractivity contribution is 9.11. The Balaban J connectivity index is 2.38. The molecule has 0 aliphatic carbocycles. The fourth-order valence-electron chi connectivity index (χ4n) is 2.26. The normalized spacial score (nSPS) is 18.8. The van der Waals surface area contributed by atoms with Crippen LogP contribution in [0.25, 0.3) is 0 Å². The van der Waals surface area contributed by atoms with Crippen LogP contribution in [0.15, 0.2) is 21.1 Å². The molecule has 0 unspecified atom stereocenters. The standard InChI is InChI=1S/C12H14Br2F2N2O/c13-7-5-8(11(19)9(14)6-7)10(12(15)16)18-3-1-17-2-4-18/h5-6,10,12,17,19H,1-4H2/t10-/m0/s1. The van der Waals surface area contributed by atoms with Gasteiger partial charge in [-0.05, 0) is 28.1 Å². The summed E-state index contributed by atoms with van der Waals surface area (Å²) in [5.74, 6) is -0.118. The third kappa shape index (κ3) is 3.45. The summed E-state index contributed by atoms with van der Waals surface area (Å²) in [7, 11) is 0. The number of hydrogen-bond acceptors (Lipinski definition) is 3. The van der Waals surface area contributed by atoms with E-state index in [1.165, 1.54) is 0 Å². The van der Waals surface area contributed by atoms with E-state index in [0.717, 1.165) is 0 Å². The molecule has 0 saturated carbocycles. The van der Waals surface area contributed by atoms with Crippen molar-refractivity contribution in [2.45, 2.75) is 12.5 Å². The van der Waals surface area contributed by atoms with Crippen molar-refractivity contribution >= 4 is 31.9 Å². The first-order valence-electron chi connectivity index (χ1n) is 5.91. The van der Waals surface area contributed by atoms with Crippen molar-refractivity contribution in [3.8, 4) is 5.75 Å². The summed E-state index contributed by atoms with van der Waals surface area (Å²) in [5.41, 5.74) is 0.248. The van der Waals surface area contributed by atoms with Crippen molar-refractivity contribution in [1.29, 1.82) is 0 Å². The van der Waals surface area contributed by atoms with Crippen molar-refractivity contribution in [1.82, 2.24) is 10.2 Å². The van der Waals surface area contributed by atoms with Crippen molar-refractivity contribution < 1.29 is 13.9 Å². The average Bonchev–Trinajstić information content (AvgIpc) is 2.36. The second-order valence-corrected chi connectivity index (χ2v) is 6.16. The van der Waals surface area contributed by atoms with Crippen LogP contribution in [0.3, 0.4) is 0 Å². The number of nitrogens with zero attached hydrogens (tertiary/aromatic N) is 1. The molecule has 1 aromatic carbocycles. The van der Waals surface area contributed by atoms with Crippen LogP contribution < -0.4 is 5.32 Å². The van der Waals surface area contributed by atoms with E-state index >= 15 is 0 Å². The first-order valence-corrected chi connectivity index (χ1v) is 7.50. The van der Waals surface area contributed by atoms with Gasteiger partial charge in [-0.25, -0.2) is 8.78 Å². The maximum absolute atomic E-state index is 13.4. The summed E-state index contributed by atoms with van der Waals surface area (Å²) < 4.78 is 27.9. The smallest absolute Gasteiger partial charge is 0.258 e. The van der Waals surface area contributed by atoms with Crippen LogP contribution in [0.4, 0.5) is 8.78 Å². The molecule has 19 heavy (non-hydrogen) atoms. The molecule has 2 N–H and O–H groups in total. The molecule has 1 atom stereocenters. The zero-order valence-corrected chi connectivity index (χ0v) is 13.2. The lowest BCUT2D eigenvalue weighted by Gasteiger charge is -2.35. The van der Waals surface area contributed by atoms with Gasteiger partial charge in [0.2, 0.25) is 0 Å². The molecule has 1 aromatic rings. The van der Waals surface area contributed by atoms with Crippen molar-refractivity contribution in [3.63, 3.8) is 0 Å². The quantitative estimate of drug-likeness (QED) is 0.819. The fourth-order valence-corrected chi connectivity index (χ4v) is 3.52. The van der Waals surface area contributed by atoms with Gasteiger partial charge in [-0.3, -0.25) is 4.90 Å². The molecule has 0 aromatic heterocycles. The van der Waals surface area contributed by atoms with Crippen LogP contribution in [0.1, 0.15) is 11.6 Å². The highest BCUT2D eigenvalue weighted by Gasteiger charge is 2.32. The van der Waals surface area contributed by atoms with Gasteiger partial charge < -0.3 is 10.4 Å². The van der Waals surface area contributed by atoms with E-state index in [2.05, 4.69) is 37.2 Å². The van der Waals surface area contributed by atoms with Gasteiger partial charge in [0.1, 0.15) is 11.8 Å². The molecule has 106 valence electrons. The first-order chi connectivity index (χ1) is 9.00. The number of alkyl halides is 2. The van der Waals surface area contributed by atoms with Gasteiger partial charge in [-0.15, -0.1) is 0 Å². The van der Waals surface area contributed by atoms with E-state index in [-0.39, 0.29) is 11.3 Å². The van der Waals surface area contributed by atoms with Gasteiger partial charge in [-0.2, -0.15) is 0 Å². The topological polar surface area (TPSA) is 35.5 Å². The minimum atomic E-state index is -2.55. The molecule has 2 rings (SSSR count). The number of benzene rings is 1. The second kappa shape index (κ2) is 6.47. The highest BCUT2D eigenvalue weighted by Crippen LogP contribution is 2.39. The van der Waals surface area contributed by atoms with Gasteiger partial charge >= 0.3 is 0 Å². The average molecular weight is 400 g/mol. The van der Waals surface area contributed by atoms with Gasteiger partial charge in [0.25, 0.3) is 6.43 Å². The number of nitrogens with one attached hydrogen (secondary N) is 1. The lowest BCUT2D eigenvalue weighted by Crippen LogP contribution is -2.46. The Morgan fingerprint density at radius 1 is 1.21 bits per heavy atom. The molecular formula is C12H14Br2F2N2O. The van der Waals surface area contributed by atoms with E-state index < -0.39 is 12.5 Å². The molecular weight excluding hydrogens is 386 g/mol. The Morgan fingerprint density at radius 2 is 1.84 bits per heavy atom. The van der Waals surface area contributed by atoms with E-state index in [0.29, 0.717) is 35.1 Å². The number of hydrogen-bond donors (Lipinski definition) is 2. The summed E-state index contributed by atoms with van der Waals surface area (Å²) in [6, 6.07) is 2.11. The van der Waals surface area contributed by atoms with Crippen LogP contribution in [0.2, 0.25) is 0 Å². The largest absolute Gasteiger partial charge is 0.506 e. The molecule has 1 fully saturated rings. The summed E-state index contributed by atoms with van der Waals surface area (Å²) in [4.78, 5) is 1.70. The third-order valence-corrected chi connectivity index (χ3v) is 4.22. The Morgan fingerprint density at radius 3 is 2.42 bits per heavy atom. The minimum Gasteiger partial charge on any atom is -0.506 e. The number of phenolic OH excluding ortho intramolecular Hbond substituents is 1. The van der Waals surface area contributed by atoms with E-state index in [4.69, 9.17) is 0 Å². The maximum atomic E-state index is 13.4. The zero-order chi connectivity index (χ0) is 14.0. The summed E-state index contributed by atoms with van der Waals surface area (Å²) >= 11 is 6.45. The highest BCUT2D eigenvalue weighted by atomic mass is 79.9. The van der Waals surface area contributed by atoms with Crippen LogP contribution in [0.5, 0.6) is 5.75 Å². The minimum absolute atomic E-state index is 0.118. The van der Waals surface area contributed by atoms with Crippen LogP contribution in [-0.2, 0) is 0 Å². The van der Waals surface area contributed by atoms with Gasteiger partial charge in [0, 0.05) is 36.2 Å². The zero-order valence-electron chi connectivity index (χ0n) is 10.0. The fraction of sp³-hybridized carbons (Fsp3) is 0.500. The molecule has 0 amide bonds. The van der Waals surface area contributed by atoms with E-state index in [1.807, 2.05) is 0 Å². The molecule has 1 aliphatic heterocycles. The van der Waals surface area contributed by atoms with Crippen LogP contribution >= 0.6 is 31.9 Å². The van der Waals surface area contributed by atoms with E-state index in [9.17, 15) is 13.9 Å². The predicted octanol–water partition coefficient (Wildman–Crippen LogP) is 3.13. The monoisotopic (exact) mass is 398 g/mol. The first kappa shape index (κ1) is 15.2. The maximum Gasteiger partial charge on any atom is 0.258 e. The molecule has 1 aliphatic rings. The molecule has 0 radical (unpaired) electrons. The SMILES string of the molecule is Oc1c(Br)cc(Br)cc1[C@@H](C(F)F)N1CCNCC1. The molecule has 3 nitrogen and oxygen atoms in total. The molecule has 1 saturated heterocycles. The van der Waals surface area contributed by atoms with Gasteiger partial charge in [-0.1, -0.05) is 15.9 Å². The Bertz CT molecular complexity index is 454. The van der Waals surface area contributed by atoms with E-state index in [1.54, 1.807) is 17.0 Å². The third-order valence-electron chi connectivity index (χ3n) is 3.16. The number of rotatable bonds is 3. The second-order valence-electron chi connectivity index (χ2n) is 4.39. The summed E-state index contributed by atoms with van der Waals surface area (Å²) in [5, 5.41) is 13.2. The molecule has 0 bridgehead atoms. The number of halogens is 4. The number of piperazine rings is 1. The van der Waals surface area contributed by atoms with Gasteiger partial charge in [0.15, 0.2) is 0 Å². The summed E-state index contributed by atoms with van der Waals surface area (Å²) in [6.07, 6.45) is -2.55. The van der Waals surface area contributed by atoms with Crippen LogP contribution in [0, 0.1) is 0 Å². The predicted molar refractivity (Wildman–Crippen MR) is 76.7 cm³/mol. The number of aromatic hydroxyl groups is 1. The Hall–Kier alpha value is -0.240. The molecule has 0 spiro atoms. The van der Waals surface area contributed by atoms with Crippen molar-refractivity contribution in [2.24, 2.45) is 0 Å².